The molecule has 0 spiro atoms. The van der Waals surface area contributed by atoms with E-state index in [-0.39, 0.29) is 5.56 Å². The number of hydrogen-bond donors (Lipinski definition) is 1. The molecule has 1 aromatic carbocycles. The number of benzene rings is 1. The predicted molar refractivity (Wildman–Crippen MR) is 61.4 cm³/mol. The molecule has 1 N–H and O–H groups in total. The summed E-state index contributed by atoms with van der Waals surface area (Å²) in [6.45, 7) is 5.35. The van der Waals surface area contributed by atoms with Crippen LogP contribution in [0.15, 0.2) is 24.3 Å². The summed E-state index contributed by atoms with van der Waals surface area (Å²) in [7, 11) is 0. The van der Waals surface area contributed by atoms with Gasteiger partial charge in [0.05, 0.1) is 0 Å². The van der Waals surface area contributed by atoms with Gasteiger partial charge in [-0.05, 0) is 28.7 Å². The van der Waals surface area contributed by atoms with E-state index in [4.69, 9.17) is 5.11 Å². The van der Waals surface area contributed by atoms with Crippen LogP contribution in [-0.2, 0) is 4.79 Å². The number of carbonyl (C=O) groups is 1. The van der Waals surface area contributed by atoms with Gasteiger partial charge >= 0.3 is 5.97 Å². The molecule has 0 amide bonds. The predicted octanol–water partition coefficient (Wildman–Crippen LogP) is 3.48. The molecule has 0 heterocycles. The van der Waals surface area contributed by atoms with Gasteiger partial charge in [0.2, 0.25) is 0 Å². The fourth-order valence-corrected chi connectivity index (χ4v) is 1.57. The van der Waals surface area contributed by atoms with Gasteiger partial charge in [-0.15, -0.1) is 0 Å². The fraction of sp³-hybridized carbons (Fsp3) is 0.308. The third kappa shape index (κ3) is 3.66. The third-order valence-corrected chi connectivity index (χ3v) is 2.25. The molecule has 0 unspecified atom stereocenters. The topological polar surface area (TPSA) is 37.3 Å². The van der Waals surface area contributed by atoms with Gasteiger partial charge < -0.3 is 5.11 Å². The summed E-state index contributed by atoms with van der Waals surface area (Å²) in [6.07, 6.45) is 0.980. The second-order valence-electron chi connectivity index (χ2n) is 4.80. The van der Waals surface area contributed by atoms with Crippen molar-refractivity contribution in [3.8, 4) is 0 Å². The Kier molecular flexibility index (Phi) is 3.66. The first-order chi connectivity index (χ1) is 7.70. The minimum Gasteiger partial charge on any atom is -0.478 e. The van der Waals surface area contributed by atoms with Crippen LogP contribution in [0.5, 0.6) is 0 Å². The molecule has 17 heavy (non-hydrogen) atoms. The molecule has 0 aliphatic carbocycles. The van der Waals surface area contributed by atoms with E-state index < -0.39 is 23.0 Å². The van der Waals surface area contributed by atoms with Crippen molar-refractivity contribution in [2.24, 2.45) is 5.41 Å². The van der Waals surface area contributed by atoms with Crippen LogP contribution in [0.1, 0.15) is 26.3 Å². The molecule has 4 heteroatoms. The van der Waals surface area contributed by atoms with Crippen LogP contribution in [0, 0.1) is 17.0 Å². The Hall–Kier alpha value is -1.71. The van der Waals surface area contributed by atoms with E-state index in [0.717, 1.165) is 24.3 Å². The zero-order valence-corrected chi connectivity index (χ0v) is 9.92. The Morgan fingerprint density at radius 3 is 2.00 bits per heavy atom. The lowest BCUT2D eigenvalue weighted by molar-refractivity contribution is -0.131. The van der Waals surface area contributed by atoms with E-state index >= 15 is 0 Å². The smallest absolute Gasteiger partial charge is 0.328 e. The van der Waals surface area contributed by atoms with E-state index in [9.17, 15) is 13.6 Å². The van der Waals surface area contributed by atoms with Crippen molar-refractivity contribution in [1.29, 1.82) is 0 Å². The molecule has 0 saturated heterocycles. The van der Waals surface area contributed by atoms with Gasteiger partial charge in [0.1, 0.15) is 11.6 Å². The van der Waals surface area contributed by atoms with Crippen LogP contribution < -0.4 is 0 Å². The van der Waals surface area contributed by atoms with E-state index in [1.807, 2.05) is 0 Å². The van der Waals surface area contributed by atoms with Gasteiger partial charge in [-0.1, -0.05) is 20.8 Å². The van der Waals surface area contributed by atoms with Gasteiger partial charge in [-0.2, -0.15) is 0 Å². The Balaban J connectivity index is 3.38. The first kappa shape index (κ1) is 13.4. The van der Waals surface area contributed by atoms with Gasteiger partial charge in [-0.25, -0.2) is 13.6 Å². The molecular weight excluding hydrogens is 226 g/mol. The van der Waals surface area contributed by atoms with Crippen molar-refractivity contribution in [3.63, 3.8) is 0 Å². The average Bonchev–Trinajstić information content (AvgIpc) is 2.10. The minimum atomic E-state index is -1.14. The highest BCUT2D eigenvalue weighted by atomic mass is 19.1. The number of halogens is 2. The van der Waals surface area contributed by atoms with Crippen LogP contribution in [0.25, 0.3) is 5.57 Å². The number of allylic oxidation sites excluding steroid dienone is 1. The van der Waals surface area contributed by atoms with Crippen molar-refractivity contribution >= 4 is 11.5 Å². The summed E-state index contributed by atoms with van der Waals surface area (Å²) in [5.74, 6) is -2.58. The molecule has 0 aliphatic rings. The van der Waals surface area contributed by atoms with Crippen LogP contribution in [0.2, 0.25) is 0 Å². The first-order valence-electron chi connectivity index (χ1n) is 5.12. The van der Waals surface area contributed by atoms with Crippen molar-refractivity contribution < 1.29 is 18.7 Å². The highest BCUT2D eigenvalue weighted by molar-refractivity contribution is 5.91. The Bertz CT molecular complexity index is 451. The number of hydrogen-bond acceptors (Lipinski definition) is 1. The second-order valence-corrected chi connectivity index (χ2v) is 4.80. The maximum Gasteiger partial charge on any atom is 0.328 e. The lowest BCUT2D eigenvalue weighted by atomic mass is 9.82. The maximum atomic E-state index is 13.1. The first-order valence-corrected chi connectivity index (χ1v) is 5.12. The van der Waals surface area contributed by atoms with Crippen molar-refractivity contribution in [2.45, 2.75) is 20.8 Å². The number of rotatable bonds is 2. The van der Waals surface area contributed by atoms with Crippen LogP contribution >= 0.6 is 0 Å². The van der Waals surface area contributed by atoms with E-state index in [0.29, 0.717) is 5.57 Å². The molecule has 0 atom stereocenters. The SMILES string of the molecule is CC(C)(C)/C(=C\C(=O)O)c1cc(F)cc(F)c1. The molecule has 92 valence electrons. The Morgan fingerprint density at radius 1 is 1.18 bits per heavy atom. The van der Waals surface area contributed by atoms with Crippen molar-refractivity contribution in [3.05, 3.63) is 41.5 Å². The van der Waals surface area contributed by atoms with Gasteiger partial charge in [0, 0.05) is 12.1 Å². The van der Waals surface area contributed by atoms with E-state index in [1.165, 1.54) is 0 Å². The zero-order valence-electron chi connectivity index (χ0n) is 9.92. The average molecular weight is 240 g/mol. The Morgan fingerprint density at radius 2 is 1.65 bits per heavy atom. The summed E-state index contributed by atoms with van der Waals surface area (Å²) < 4.78 is 26.2. The molecular formula is C13H14F2O2. The van der Waals surface area contributed by atoms with E-state index in [1.54, 1.807) is 20.8 Å². The largest absolute Gasteiger partial charge is 0.478 e. The van der Waals surface area contributed by atoms with Crippen LogP contribution in [0.3, 0.4) is 0 Å². The molecule has 1 aromatic rings. The molecule has 0 aliphatic heterocycles. The molecule has 0 saturated carbocycles. The number of aliphatic carboxylic acids is 1. The molecule has 0 radical (unpaired) electrons. The molecule has 1 rings (SSSR count). The summed E-state index contributed by atoms with van der Waals surface area (Å²) in [5, 5.41) is 8.78. The van der Waals surface area contributed by atoms with Gasteiger partial charge in [0.25, 0.3) is 0 Å². The highest BCUT2D eigenvalue weighted by Gasteiger charge is 2.21. The number of carboxylic acids is 1. The summed E-state index contributed by atoms with van der Waals surface area (Å²) in [5.41, 5.74) is 0.110. The standard InChI is InChI=1S/C13H14F2O2/c1-13(2,3)11(7-12(16)17)8-4-9(14)6-10(15)5-8/h4-7H,1-3H3,(H,16,17)/b11-7-. The fourth-order valence-electron chi connectivity index (χ4n) is 1.57. The van der Waals surface area contributed by atoms with E-state index in [2.05, 4.69) is 0 Å². The normalized spacial score (nSPS) is 12.6. The van der Waals surface area contributed by atoms with Crippen molar-refractivity contribution in [2.75, 3.05) is 0 Å². The molecule has 2 nitrogen and oxygen atoms in total. The minimum absolute atomic E-state index is 0.248. The lowest BCUT2D eigenvalue weighted by Gasteiger charge is -2.23. The zero-order chi connectivity index (χ0) is 13.2. The summed E-state index contributed by atoms with van der Waals surface area (Å²) >= 11 is 0. The molecule has 0 aromatic heterocycles. The number of carboxylic acid groups (broad SMARTS) is 1. The molecule has 0 fully saturated rings. The third-order valence-electron chi connectivity index (χ3n) is 2.25. The van der Waals surface area contributed by atoms with Crippen LogP contribution in [-0.4, -0.2) is 11.1 Å². The monoisotopic (exact) mass is 240 g/mol. The van der Waals surface area contributed by atoms with Gasteiger partial charge in [-0.3, -0.25) is 0 Å². The maximum absolute atomic E-state index is 13.1. The lowest BCUT2D eigenvalue weighted by Crippen LogP contribution is -2.11. The summed E-state index contributed by atoms with van der Waals surface area (Å²) in [6, 6.07) is 3.01. The Labute approximate surface area is 98.6 Å². The van der Waals surface area contributed by atoms with Crippen LogP contribution in [0.4, 0.5) is 8.78 Å². The van der Waals surface area contributed by atoms with Crippen molar-refractivity contribution in [1.82, 2.24) is 0 Å². The molecule has 0 bridgehead atoms. The van der Waals surface area contributed by atoms with Gasteiger partial charge in [0.15, 0.2) is 0 Å². The highest BCUT2D eigenvalue weighted by Crippen LogP contribution is 2.34. The summed E-state index contributed by atoms with van der Waals surface area (Å²) in [4.78, 5) is 10.7. The quantitative estimate of drug-likeness (QED) is 0.803. The second kappa shape index (κ2) is 4.65.